The van der Waals surface area contributed by atoms with E-state index in [1.165, 1.54) is 6.33 Å². The molecule has 2 heterocycles. The Hall–Kier alpha value is -1.71. The molecule has 0 aliphatic heterocycles. The van der Waals surface area contributed by atoms with Gasteiger partial charge in [0.15, 0.2) is 0 Å². The zero-order chi connectivity index (χ0) is 8.39. The molecular weight excluding hydrogens is 154 g/mol. The Labute approximate surface area is 69.3 Å². The standard InChI is InChI=1S/C8H7N3O/c1-6-4-8(11-12-6)7-2-3-9-5-10-7/h2-5H,1H3. The summed E-state index contributed by atoms with van der Waals surface area (Å²) in [4.78, 5) is 7.84. The van der Waals surface area contributed by atoms with Crippen molar-refractivity contribution >= 4 is 0 Å². The first kappa shape index (κ1) is 6.97. The number of aryl methyl sites for hydroxylation is 1. The highest BCUT2D eigenvalue weighted by molar-refractivity contribution is 5.52. The molecule has 2 aromatic rings. The van der Waals surface area contributed by atoms with Gasteiger partial charge < -0.3 is 4.52 Å². The van der Waals surface area contributed by atoms with Crippen LogP contribution in [-0.2, 0) is 0 Å². The SMILES string of the molecule is Cc1cc(-c2ccncn2)no1. The molecular formula is C8H7N3O. The molecule has 0 radical (unpaired) electrons. The van der Waals surface area contributed by atoms with Crippen molar-refractivity contribution in [3.63, 3.8) is 0 Å². The molecule has 0 amide bonds. The van der Waals surface area contributed by atoms with Gasteiger partial charge in [0, 0.05) is 12.3 Å². The van der Waals surface area contributed by atoms with Crippen molar-refractivity contribution in [2.75, 3.05) is 0 Å². The molecule has 0 fully saturated rings. The first-order chi connectivity index (χ1) is 5.86. The van der Waals surface area contributed by atoms with Gasteiger partial charge in [0.2, 0.25) is 0 Å². The van der Waals surface area contributed by atoms with E-state index >= 15 is 0 Å². The van der Waals surface area contributed by atoms with Crippen molar-refractivity contribution in [3.8, 4) is 11.4 Å². The van der Waals surface area contributed by atoms with Gasteiger partial charge in [0.1, 0.15) is 17.8 Å². The summed E-state index contributed by atoms with van der Waals surface area (Å²) in [6.07, 6.45) is 3.16. The molecule has 12 heavy (non-hydrogen) atoms. The number of hydrogen-bond donors (Lipinski definition) is 0. The molecule has 0 aliphatic rings. The maximum Gasteiger partial charge on any atom is 0.134 e. The monoisotopic (exact) mass is 161 g/mol. The van der Waals surface area contributed by atoms with E-state index in [9.17, 15) is 0 Å². The van der Waals surface area contributed by atoms with Gasteiger partial charge in [-0.05, 0) is 13.0 Å². The summed E-state index contributed by atoms with van der Waals surface area (Å²) >= 11 is 0. The Bertz CT molecular complexity index is 369. The van der Waals surface area contributed by atoms with E-state index in [4.69, 9.17) is 4.52 Å². The van der Waals surface area contributed by atoms with Crippen LogP contribution in [0.2, 0.25) is 0 Å². The Kier molecular flexibility index (Phi) is 1.59. The third-order valence-electron chi connectivity index (χ3n) is 1.47. The predicted molar refractivity (Wildman–Crippen MR) is 42.3 cm³/mol. The van der Waals surface area contributed by atoms with Gasteiger partial charge in [0.05, 0.1) is 5.69 Å². The van der Waals surface area contributed by atoms with Crippen LogP contribution < -0.4 is 0 Å². The van der Waals surface area contributed by atoms with Crippen molar-refractivity contribution in [2.45, 2.75) is 6.92 Å². The van der Waals surface area contributed by atoms with Gasteiger partial charge in [-0.25, -0.2) is 9.97 Å². The molecule has 0 aliphatic carbocycles. The lowest BCUT2D eigenvalue weighted by molar-refractivity contribution is 0.399. The maximum atomic E-state index is 4.91. The van der Waals surface area contributed by atoms with Crippen LogP contribution in [0.15, 0.2) is 29.2 Å². The average Bonchev–Trinajstić information content (AvgIpc) is 2.54. The topological polar surface area (TPSA) is 51.8 Å². The summed E-state index contributed by atoms with van der Waals surface area (Å²) in [6.45, 7) is 1.84. The largest absolute Gasteiger partial charge is 0.361 e. The number of nitrogens with zero attached hydrogens (tertiary/aromatic N) is 3. The summed E-state index contributed by atoms with van der Waals surface area (Å²) < 4.78 is 4.91. The third kappa shape index (κ3) is 1.18. The highest BCUT2D eigenvalue weighted by Crippen LogP contribution is 2.14. The van der Waals surface area contributed by atoms with Gasteiger partial charge in [-0.2, -0.15) is 0 Å². The van der Waals surface area contributed by atoms with Crippen LogP contribution in [0.25, 0.3) is 11.4 Å². The summed E-state index contributed by atoms with van der Waals surface area (Å²) in [6, 6.07) is 3.62. The van der Waals surface area contributed by atoms with Crippen molar-refractivity contribution in [1.29, 1.82) is 0 Å². The van der Waals surface area contributed by atoms with Crippen molar-refractivity contribution in [3.05, 3.63) is 30.4 Å². The van der Waals surface area contributed by atoms with E-state index in [1.54, 1.807) is 12.3 Å². The van der Waals surface area contributed by atoms with E-state index < -0.39 is 0 Å². The molecule has 0 saturated carbocycles. The minimum Gasteiger partial charge on any atom is -0.361 e. The van der Waals surface area contributed by atoms with Crippen LogP contribution in [0.4, 0.5) is 0 Å². The molecule has 60 valence electrons. The van der Waals surface area contributed by atoms with E-state index in [1.807, 2.05) is 13.0 Å². The van der Waals surface area contributed by atoms with E-state index in [2.05, 4.69) is 15.1 Å². The lowest BCUT2D eigenvalue weighted by Crippen LogP contribution is -1.82. The predicted octanol–water partition coefficient (Wildman–Crippen LogP) is 1.44. The molecule has 0 N–H and O–H groups in total. The molecule has 0 unspecified atom stereocenters. The molecule has 0 atom stereocenters. The summed E-state index contributed by atoms with van der Waals surface area (Å²) in [7, 11) is 0. The smallest absolute Gasteiger partial charge is 0.134 e. The van der Waals surface area contributed by atoms with Crippen LogP contribution >= 0.6 is 0 Å². The number of rotatable bonds is 1. The fourth-order valence-corrected chi connectivity index (χ4v) is 0.929. The van der Waals surface area contributed by atoms with Gasteiger partial charge in [-0.3, -0.25) is 0 Å². The van der Waals surface area contributed by atoms with Gasteiger partial charge >= 0.3 is 0 Å². The van der Waals surface area contributed by atoms with Crippen LogP contribution in [0.1, 0.15) is 5.76 Å². The van der Waals surface area contributed by atoms with Crippen LogP contribution in [0.5, 0.6) is 0 Å². The number of aromatic nitrogens is 3. The maximum absolute atomic E-state index is 4.91. The van der Waals surface area contributed by atoms with E-state index in [0.29, 0.717) is 0 Å². The molecule has 0 spiro atoms. The quantitative estimate of drug-likeness (QED) is 0.635. The van der Waals surface area contributed by atoms with Crippen LogP contribution in [-0.4, -0.2) is 15.1 Å². The summed E-state index contributed by atoms with van der Waals surface area (Å²) in [5, 5.41) is 3.82. The van der Waals surface area contributed by atoms with Crippen LogP contribution in [0.3, 0.4) is 0 Å². The fourth-order valence-electron chi connectivity index (χ4n) is 0.929. The molecule has 0 bridgehead atoms. The van der Waals surface area contributed by atoms with Crippen molar-refractivity contribution in [1.82, 2.24) is 15.1 Å². The van der Waals surface area contributed by atoms with Crippen molar-refractivity contribution < 1.29 is 4.52 Å². The second-order valence-electron chi connectivity index (χ2n) is 2.42. The Morgan fingerprint density at radius 2 is 2.25 bits per heavy atom. The Balaban J connectivity index is 2.45. The highest BCUT2D eigenvalue weighted by Gasteiger charge is 2.02. The van der Waals surface area contributed by atoms with E-state index in [0.717, 1.165) is 17.1 Å². The summed E-state index contributed by atoms with van der Waals surface area (Å²) in [5.41, 5.74) is 1.52. The Morgan fingerprint density at radius 1 is 1.33 bits per heavy atom. The van der Waals surface area contributed by atoms with Gasteiger partial charge in [0.25, 0.3) is 0 Å². The highest BCUT2D eigenvalue weighted by atomic mass is 16.5. The average molecular weight is 161 g/mol. The molecule has 0 saturated heterocycles. The fraction of sp³-hybridized carbons (Fsp3) is 0.125. The van der Waals surface area contributed by atoms with Gasteiger partial charge in [-0.1, -0.05) is 5.16 Å². The molecule has 4 nitrogen and oxygen atoms in total. The number of hydrogen-bond acceptors (Lipinski definition) is 4. The molecule has 2 rings (SSSR count). The van der Waals surface area contributed by atoms with Crippen LogP contribution in [0, 0.1) is 6.92 Å². The second kappa shape index (κ2) is 2.73. The lowest BCUT2D eigenvalue weighted by Gasteiger charge is -1.89. The minimum atomic E-state index is 0.745. The second-order valence-corrected chi connectivity index (χ2v) is 2.42. The molecule has 0 aromatic carbocycles. The van der Waals surface area contributed by atoms with Crippen molar-refractivity contribution in [2.24, 2.45) is 0 Å². The third-order valence-corrected chi connectivity index (χ3v) is 1.47. The van der Waals surface area contributed by atoms with Gasteiger partial charge in [-0.15, -0.1) is 0 Å². The molecule has 2 aromatic heterocycles. The minimum absolute atomic E-state index is 0.745. The Morgan fingerprint density at radius 3 is 2.83 bits per heavy atom. The summed E-state index contributed by atoms with van der Waals surface area (Å²) in [5.74, 6) is 0.781. The van der Waals surface area contributed by atoms with E-state index in [-0.39, 0.29) is 0 Å². The normalized spacial score (nSPS) is 10.1. The zero-order valence-corrected chi connectivity index (χ0v) is 6.56. The lowest BCUT2D eigenvalue weighted by atomic mass is 10.3. The first-order valence-electron chi connectivity index (χ1n) is 3.56. The zero-order valence-electron chi connectivity index (χ0n) is 6.56. The first-order valence-corrected chi connectivity index (χ1v) is 3.56. The molecule has 4 heteroatoms.